The largest absolute Gasteiger partial charge is 0.336 e. The summed E-state index contributed by atoms with van der Waals surface area (Å²) in [6.45, 7) is 0.582. The van der Waals surface area contributed by atoms with Crippen LogP contribution in [0.4, 0.5) is 0 Å². The van der Waals surface area contributed by atoms with Crippen LogP contribution in [0.1, 0.15) is 5.56 Å². The average molecular weight is 488 g/mol. The second kappa shape index (κ2) is 8.00. The lowest BCUT2D eigenvalue weighted by molar-refractivity contribution is -0.134. The summed E-state index contributed by atoms with van der Waals surface area (Å²) in [7, 11) is -3.78. The lowest BCUT2D eigenvalue weighted by Crippen LogP contribution is -2.51. The van der Waals surface area contributed by atoms with Gasteiger partial charge in [-0.25, -0.2) is 8.42 Å². The van der Waals surface area contributed by atoms with Crippen molar-refractivity contribution >= 4 is 59.7 Å². The molecule has 1 fully saturated rings. The highest BCUT2D eigenvalue weighted by molar-refractivity contribution is 7.91. The van der Waals surface area contributed by atoms with Gasteiger partial charge in [0.15, 0.2) is 0 Å². The number of hydrogen-bond acceptors (Lipinski definition) is 5. The summed E-state index contributed by atoms with van der Waals surface area (Å²) in [5.74, 6) is -0.272. The lowest BCUT2D eigenvalue weighted by Gasteiger charge is -2.33. The number of nitrogens with zero attached hydrogens (tertiary/aromatic N) is 2. The summed E-state index contributed by atoms with van der Waals surface area (Å²) in [5, 5.41) is 2.73. The molecule has 4 aromatic rings. The number of fused-ring (bicyclic) bond motifs is 2. The van der Waals surface area contributed by atoms with Crippen LogP contribution in [0.5, 0.6) is 0 Å². The number of amides is 1. The first kappa shape index (κ1) is 21.1. The number of piperazine rings is 1. The van der Waals surface area contributed by atoms with Gasteiger partial charge < -0.3 is 9.88 Å². The van der Waals surface area contributed by atoms with Crippen molar-refractivity contribution in [3.05, 3.63) is 75.7 Å². The second-order valence-corrected chi connectivity index (χ2v) is 11.3. The van der Waals surface area contributed by atoms with Gasteiger partial charge in [-0.2, -0.15) is 4.31 Å². The van der Waals surface area contributed by atoms with E-state index in [1.54, 1.807) is 41.4 Å². The molecule has 0 bridgehead atoms. The number of nitrogens with one attached hydrogen (secondary N) is 1. The first-order chi connectivity index (χ1) is 15.3. The minimum atomic E-state index is -3.78. The van der Waals surface area contributed by atoms with Crippen LogP contribution in [0.15, 0.2) is 63.7 Å². The summed E-state index contributed by atoms with van der Waals surface area (Å²) in [5.41, 5.74) is 0.636. The molecule has 7 nitrogen and oxygen atoms in total. The number of thiophene rings is 1. The van der Waals surface area contributed by atoms with Gasteiger partial charge >= 0.3 is 0 Å². The van der Waals surface area contributed by atoms with Gasteiger partial charge in [-0.05, 0) is 46.7 Å². The molecule has 5 rings (SSSR count). The summed E-state index contributed by atoms with van der Waals surface area (Å²) in [6.07, 6.45) is 1.60. The number of carbonyl (C=O) groups excluding carboxylic acids is 1. The molecule has 3 heterocycles. The standard InChI is InChI=1S/C22H18ClN3O4S2/c23-17-4-3-16-10-21(31-19(16)11-17)32(29,30)26-8-7-25(20(27)13-26)12-14-1-2-15-5-6-24-22(28)18(15)9-14/h1-6,9-11H,7-8,12-13H2,(H,24,28). The fourth-order valence-corrected chi connectivity index (χ4v) is 7.05. The van der Waals surface area contributed by atoms with Gasteiger partial charge in [0, 0.05) is 40.9 Å². The van der Waals surface area contributed by atoms with Gasteiger partial charge in [0.2, 0.25) is 5.91 Å². The third-order valence-electron chi connectivity index (χ3n) is 5.55. The Hall–Kier alpha value is -2.72. The van der Waals surface area contributed by atoms with Gasteiger partial charge in [0.25, 0.3) is 15.6 Å². The molecule has 1 amide bonds. The van der Waals surface area contributed by atoms with Gasteiger partial charge in [-0.1, -0.05) is 29.8 Å². The molecule has 0 aliphatic carbocycles. The summed E-state index contributed by atoms with van der Waals surface area (Å²) in [6, 6.07) is 14.2. The fourth-order valence-electron chi connectivity index (χ4n) is 3.84. The Bertz CT molecular complexity index is 1530. The smallest absolute Gasteiger partial charge is 0.255 e. The number of H-pyrrole nitrogens is 1. The number of aromatic nitrogens is 1. The van der Waals surface area contributed by atoms with E-state index in [1.807, 2.05) is 18.2 Å². The quantitative estimate of drug-likeness (QED) is 0.477. The van der Waals surface area contributed by atoms with E-state index in [9.17, 15) is 18.0 Å². The van der Waals surface area contributed by atoms with Crippen LogP contribution in [0.25, 0.3) is 20.9 Å². The predicted molar refractivity (Wildman–Crippen MR) is 126 cm³/mol. The maximum atomic E-state index is 13.1. The van der Waals surface area contributed by atoms with Crippen molar-refractivity contribution in [1.29, 1.82) is 0 Å². The highest BCUT2D eigenvalue weighted by Gasteiger charge is 2.33. The Balaban J connectivity index is 1.34. The Morgan fingerprint density at radius 2 is 1.81 bits per heavy atom. The molecule has 2 aromatic carbocycles. The molecule has 1 saturated heterocycles. The zero-order valence-electron chi connectivity index (χ0n) is 16.7. The second-order valence-electron chi connectivity index (χ2n) is 7.63. The number of aromatic amines is 1. The van der Waals surface area contributed by atoms with E-state index < -0.39 is 10.0 Å². The van der Waals surface area contributed by atoms with E-state index in [4.69, 9.17) is 11.6 Å². The predicted octanol–water partition coefficient (Wildman–Crippen LogP) is 3.43. The molecule has 1 aliphatic rings. The van der Waals surface area contributed by atoms with E-state index in [2.05, 4.69) is 4.98 Å². The van der Waals surface area contributed by atoms with Gasteiger partial charge in [0.1, 0.15) is 4.21 Å². The minimum Gasteiger partial charge on any atom is -0.336 e. The van der Waals surface area contributed by atoms with Crippen molar-refractivity contribution in [2.45, 2.75) is 10.8 Å². The molecule has 1 N–H and O–H groups in total. The number of sulfonamides is 1. The van der Waals surface area contributed by atoms with Gasteiger partial charge in [-0.3, -0.25) is 9.59 Å². The number of rotatable bonds is 4. The fraction of sp³-hybridized carbons (Fsp3) is 0.182. The van der Waals surface area contributed by atoms with Crippen LogP contribution in [0, 0.1) is 0 Å². The normalized spacial score (nSPS) is 15.7. The molecular formula is C22H18ClN3O4S2. The lowest BCUT2D eigenvalue weighted by atomic mass is 10.1. The van der Waals surface area contributed by atoms with Crippen LogP contribution in [0.2, 0.25) is 5.02 Å². The maximum absolute atomic E-state index is 13.1. The minimum absolute atomic E-state index is 0.184. The van der Waals surface area contributed by atoms with Crippen molar-refractivity contribution in [2.75, 3.05) is 19.6 Å². The van der Waals surface area contributed by atoms with E-state index >= 15 is 0 Å². The zero-order valence-corrected chi connectivity index (χ0v) is 19.1. The van der Waals surface area contributed by atoms with E-state index in [1.165, 1.54) is 4.31 Å². The molecule has 2 aromatic heterocycles. The maximum Gasteiger partial charge on any atom is 0.255 e. The Labute approximate surface area is 192 Å². The van der Waals surface area contributed by atoms with E-state index in [0.29, 0.717) is 17.0 Å². The zero-order chi connectivity index (χ0) is 22.5. The van der Waals surface area contributed by atoms with Gasteiger partial charge in [0.05, 0.1) is 6.54 Å². The van der Waals surface area contributed by atoms with Crippen LogP contribution in [-0.2, 0) is 21.4 Å². The van der Waals surface area contributed by atoms with Gasteiger partial charge in [-0.15, -0.1) is 11.3 Å². The van der Waals surface area contributed by atoms with Crippen molar-refractivity contribution in [3.63, 3.8) is 0 Å². The summed E-state index contributed by atoms with van der Waals surface area (Å²) >= 11 is 7.16. The third kappa shape index (κ3) is 3.81. The Morgan fingerprint density at radius 3 is 2.62 bits per heavy atom. The molecule has 0 atom stereocenters. The number of halogens is 1. The number of hydrogen-bond donors (Lipinski definition) is 1. The average Bonchev–Trinajstić information content (AvgIpc) is 3.20. The van der Waals surface area contributed by atoms with Crippen LogP contribution in [-0.4, -0.2) is 48.1 Å². The topological polar surface area (TPSA) is 90.6 Å². The van der Waals surface area contributed by atoms with Crippen molar-refractivity contribution in [1.82, 2.24) is 14.2 Å². The van der Waals surface area contributed by atoms with E-state index in [-0.39, 0.29) is 35.3 Å². The molecule has 0 saturated carbocycles. The van der Waals surface area contributed by atoms with Crippen molar-refractivity contribution in [3.8, 4) is 0 Å². The number of benzene rings is 2. The number of carbonyl (C=O) groups is 1. The summed E-state index contributed by atoms with van der Waals surface area (Å²) in [4.78, 5) is 29.1. The molecule has 0 unspecified atom stereocenters. The number of pyridine rings is 1. The molecular weight excluding hydrogens is 470 g/mol. The molecule has 0 radical (unpaired) electrons. The molecule has 10 heteroatoms. The van der Waals surface area contributed by atoms with Crippen LogP contribution in [0.3, 0.4) is 0 Å². The third-order valence-corrected chi connectivity index (χ3v) is 9.18. The van der Waals surface area contributed by atoms with Crippen molar-refractivity contribution in [2.24, 2.45) is 0 Å². The molecule has 32 heavy (non-hydrogen) atoms. The Morgan fingerprint density at radius 1 is 1.00 bits per heavy atom. The molecule has 0 spiro atoms. The Kier molecular flexibility index (Phi) is 5.29. The SMILES string of the molecule is O=C1CN(S(=O)(=O)c2cc3ccc(Cl)cc3s2)CCN1Cc1ccc2cc[nH]c(=O)c2c1. The monoisotopic (exact) mass is 487 g/mol. The first-order valence-corrected chi connectivity index (χ1v) is 12.5. The van der Waals surface area contributed by atoms with Crippen molar-refractivity contribution < 1.29 is 13.2 Å². The van der Waals surface area contributed by atoms with E-state index in [0.717, 1.165) is 32.4 Å². The highest BCUT2D eigenvalue weighted by Crippen LogP contribution is 2.33. The summed E-state index contributed by atoms with van der Waals surface area (Å²) < 4.78 is 28.5. The highest BCUT2D eigenvalue weighted by atomic mass is 35.5. The molecule has 1 aliphatic heterocycles. The molecule has 164 valence electrons. The first-order valence-electron chi connectivity index (χ1n) is 9.89. The van der Waals surface area contributed by atoms with Crippen LogP contribution < -0.4 is 5.56 Å². The van der Waals surface area contributed by atoms with Crippen LogP contribution >= 0.6 is 22.9 Å².